The van der Waals surface area contributed by atoms with E-state index in [1.54, 1.807) is 25.1 Å². The minimum Gasteiger partial charge on any atom is -0.493 e. The molecule has 0 unspecified atom stereocenters. The highest BCUT2D eigenvalue weighted by atomic mass is 32.2. The molecule has 1 amide bonds. The molecule has 0 aliphatic rings. The van der Waals surface area contributed by atoms with E-state index in [1.165, 1.54) is 0 Å². The van der Waals surface area contributed by atoms with Crippen LogP contribution >= 0.6 is 11.8 Å². The van der Waals surface area contributed by atoms with E-state index in [0.717, 1.165) is 11.8 Å². The Labute approximate surface area is 143 Å². The molecular weight excluding hydrogens is 330 g/mol. The summed E-state index contributed by atoms with van der Waals surface area (Å²) >= 11 is 1.03. The van der Waals surface area contributed by atoms with E-state index in [9.17, 15) is 14.7 Å². The Balaban J connectivity index is 2.00. The van der Waals surface area contributed by atoms with Gasteiger partial charge in [-0.05, 0) is 25.5 Å². The molecule has 1 heterocycles. The summed E-state index contributed by atoms with van der Waals surface area (Å²) in [5.41, 5.74) is 0.416. The lowest BCUT2D eigenvalue weighted by atomic mass is 10.2. The van der Waals surface area contributed by atoms with Crippen molar-refractivity contribution in [1.29, 1.82) is 0 Å². The van der Waals surface area contributed by atoms with Gasteiger partial charge in [-0.3, -0.25) is 9.59 Å². The number of nitrogens with zero attached hydrogens (tertiary/aromatic N) is 1. The number of rotatable bonds is 7. The van der Waals surface area contributed by atoms with Gasteiger partial charge in [0.2, 0.25) is 11.8 Å². The van der Waals surface area contributed by atoms with Crippen LogP contribution in [0.4, 0.5) is 5.69 Å². The quantitative estimate of drug-likeness (QED) is 0.523. The number of anilines is 1. The van der Waals surface area contributed by atoms with Crippen LogP contribution in [0.5, 0.6) is 11.6 Å². The molecule has 0 radical (unpaired) electrons. The van der Waals surface area contributed by atoms with E-state index >= 15 is 0 Å². The fourth-order valence-corrected chi connectivity index (χ4v) is 2.68. The molecule has 1 aromatic heterocycles. The summed E-state index contributed by atoms with van der Waals surface area (Å²) in [5.74, 6) is 0.0587. The predicted octanol–water partition coefficient (Wildman–Crippen LogP) is 2.17. The number of hydrogen-bond acceptors (Lipinski definition) is 6. The number of benzene rings is 1. The van der Waals surface area contributed by atoms with Gasteiger partial charge < -0.3 is 20.1 Å². The molecule has 0 fully saturated rings. The van der Waals surface area contributed by atoms with E-state index in [1.807, 2.05) is 13.0 Å². The zero-order valence-corrected chi connectivity index (χ0v) is 14.3. The van der Waals surface area contributed by atoms with Crippen LogP contribution in [-0.2, 0) is 11.2 Å². The number of para-hydroxylation sites is 2. The van der Waals surface area contributed by atoms with Crippen molar-refractivity contribution in [3.63, 3.8) is 0 Å². The minimum atomic E-state index is -0.394. The van der Waals surface area contributed by atoms with Crippen molar-refractivity contribution >= 4 is 23.4 Å². The molecule has 2 aromatic rings. The summed E-state index contributed by atoms with van der Waals surface area (Å²) in [4.78, 5) is 30.3. The minimum absolute atomic E-state index is 0.0360. The van der Waals surface area contributed by atoms with Crippen LogP contribution in [0.1, 0.15) is 19.4 Å². The number of aromatic hydroxyl groups is 1. The maximum atomic E-state index is 12.1. The van der Waals surface area contributed by atoms with Gasteiger partial charge in [0, 0.05) is 0 Å². The fraction of sp³-hybridized carbons (Fsp3) is 0.312. The van der Waals surface area contributed by atoms with Crippen LogP contribution in [0.25, 0.3) is 0 Å². The molecule has 0 spiro atoms. The first kappa shape index (κ1) is 17.9. The third-order valence-electron chi connectivity index (χ3n) is 3.13. The molecule has 128 valence electrons. The van der Waals surface area contributed by atoms with Crippen molar-refractivity contribution < 1.29 is 14.6 Å². The van der Waals surface area contributed by atoms with Crippen molar-refractivity contribution in [2.75, 3.05) is 17.7 Å². The topological polar surface area (TPSA) is 104 Å². The van der Waals surface area contributed by atoms with E-state index in [2.05, 4.69) is 15.3 Å². The number of aromatic nitrogens is 2. The first-order valence-corrected chi connectivity index (χ1v) is 8.50. The highest BCUT2D eigenvalue weighted by molar-refractivity contribution is 7.99. The van der Waals surface area contributed by atoms with Crippen molar-refractivity contribution in [2.24, 2.45) is 0 Å². The number of H-pyrrole nitrogens is 1. The van der Waals surface area contributed by atoms with Crippen LogP contribution < -0.4 is 15.6 Å². The summed E-state index contributed by atoms with van der Waals surface area (Å²) in [6, 6.07) is 7.14. The SMILES string of the molecule is CCOc1ccccc1NC(=O)CSc1nc(O)c(CC)c(=O)[nH]1. The monoisotopic (exact) mass is 349 g/mol. The molecule has 0 atom stereocenters. The largest absolute Gasteiger partial charge is 0.493 e. The van der Waals surface area contributed by atoms with Gasteiger partial charge in [-0.1, -0.05) is 30.8 Å². The highest BCUT2D eigenvalue weighted by Crippen LogP contribution is 2.24. The Bertz CT molecular complexity index is 776. The van der Waals surface area contributed by atoms with Gasteiger partial charge in [0.1, 0.15) is 5.75 Å². The lowest BCUT2D eigenvalue weighted by molar-refractivity contribution is -0.113. The van der Waals surface area contributed by atoms with Crippen LogP contribution in [-0.4, -0.2) is 33.3 Å². The number of amides is 1. The Morgan fingerprint density at radius 1 is 1.38 bits per heavy atom. The summed E-state index contributed by atoms with van der Waals surface area (Å²) in [6.07, 6.45) is 0.383. The van der Waals surface area contributed by atoms with Gasteiger partial charge in [0.25, 0.3) is 5.56 Å². The van der Waals surface area contributed by atoms with Gasteiger partial charge in [0.15, 0.2) is 5.16 Å². The van der Waals surface area contributed by atoms with Crippen molar-refractivity contribution in [3.8, 4) is 11.6 Å². The molecule has 0 aliphatic heterocycles. The Hall–Kier alpha value is -2.48. The number of carbonyl (C=O) groups excluding carboxylic acids is 1. The van der Waals surface area contributed by atoms with Crippen molar-refractivity contribution in [3.05, 3.63) is 40.2 Å². The first-order chi connectivity index (χ1) is 11.5. The van der Waals surface area contributed by atoms with E-state index in [-0.39, 0.29) is 28.3 Å². The molecule has 2 rings (SSSR count). The summed E-state index contributed by atoms with van der Waals surface area (Å²) in [6.45, 7) is 4.11. The Morgan fingerprint density at radius 2 is 2.12 bits per heavy atom. The molecule has 0 saturated carbocycles. The smallest absolute Gasteiger partial charge is 0.258 e. The molecule has 1 aromatic carbocycles. The van der Waals surface area contributed by atoms with E-state index in [0.29, 0.717) is 24.5 Å². The number of thioether (sulfide) groups is 1. The van der Waals surface area contributed by atoms with Gasteiger partial charge in [0.05, 0.1) is 23.6 Å². The fourth-order valence-electron chi connectivity index (χ4n) is 2.02. The number of ether oxygens (including phenoxy) is 1. The maximum Gasteiger partial charge on any atom is 0.258 e. The normalized spacial score (nSPS) is 10.4. The van der Waals surface area contributed by atoms with Gasteiger partial charge in [-0.25, -0.2) is 0 Å². The second-order valence-corrected chi connectivity index (χ2v) is 5.76. The van der Waals surface area contributed by atoms with Gasteiger partial charge in [-0.15, -0.1) is 0 Å². The van der Waals surface area contributed by atoms with E-state index in [4.69, 9.17) is 4.74 Å². The molecule has 8 heteroatoms. The molecule has 3 N–H and O–H groups in total. The predicted molar refractivity (Wildman–Crippen MR) is 92.9 cm³/mol. The Morgan fingerprint density at radius 3 is 2.79 bits per heavy atom. The molecule has 24 heavy (non-hydrogen) atoms. The van der Waals surface area contributed by atoms with Crippen LogP contribution in [0.15, 0.2) is 34.2 Å². The van der Waals surface area contributed by atoms with Crippen molar-refractivity contribution in [1.82, 2.24) is 9.97 Å². The van der Waals surface area contributed by atoms with Crippen LogP contribution in [0, 0.1) is 0 Å². The second-order valence-electron chi connectivity index (χ2n) is 4.79. The van der Waals surface area contributed by atoms with Crippen molar-refractivity contribution in [2.45, 2.75) is 25.4 Å². The van der Waals surface area contributed by atoms with Gasteiger partial charge in [-0.2, -0.15) is 4.98 Å². The number of aromatic amines is 1. The standard InChI is InChI=1S/C16H19N3O4S/c1-3-10-14(21)18-16(19-15(10)22)24-9-13(20)17-11-7-5-6-8-12(11)23-4-2/h5-8H,3-4,9H2,1-2H3,(H,17,20)(H2,18,19,21,22). The van der Waals surface area contributed by atoms with Crippen LogP contribution in [0.3, 0.4) is 0 Å². The molecule has 0 bridgehead atoms. The summed E-state index contributed by atoms with van der Waals surface area (Å²) < 4.78 is 5.44. The molecule has 7 nitrogen and oxygen atoms in total. The van der Waals surface area contributed by atoms with Gasteiger partial charge >= 0.3 is 0 Å². The zero-order valence-electron chi connectivity index (χ0n) is 13.5. The number of carbonyl (C=O) groups is 1. The first-order valence-electron chi connectivity index (χ1n) is 7.51. The molecular formula is C16H19N3O4S. The summed E-state index contributed by atoms with van der Waals surface area (Å²) in [7, 11) is 0. The van der Waals surface area contributed by atoms with E-state index < -0.39 is 5.56 Å². The average Bonchev–Trinajstić information content (AvgIpc) is 2.55. The lowest BCUT2D eigenvalue weighted by Crippen LogP contribution is -2.17. The third-order valence-corrected chi connectivity index (χ3v) is 4.00. The molecule has 0 saturated heterocycles. The third kappa shape index (κ3) is 4.51. The highest BCUT2D eigenvalue weighted by Gasteiger charge is 2.12. The average molecular weight is 349 g/mol. The lowest BCUT2D eigenvalue weighted by Gasteiger charge is -2.11. The summed E-state index contributed by atoms with van der Waals surface area (Å²) in [5, 5.41) is 12.7. The Kier molecular flexibility index (Phi) is 6.25. The number of nitrogens with one attached hydrogen (secondary N) is 2. The molecule has 0 aliphatic carbocycles. The zero-order chi connectivity index (χ0) is 17.5. The van der Waals surface area contributed by atoms with Crippen LogP contribution in [0.2, 0.25) is 0 Å². The maximum absolute atomic E-state index is 12.1. The second kappa shape index (κ2) is 8.39. The number of hydrogen-bond donors (Lipinski definition) is 3.